The summed E-state index contributed by atoms with van der Waals surface area (Å²) < 4.78 is 0. The number of hydrogen-bond donors (Lipinski definition) is 2. The molecule has 0 radical (unpaired) electrons. The molecule has 0 aliphatic carbocycles. The average molecular weight is 405 g/mol. The number of hydrazine groups is 1. The Morgan fingerprint density at radius 1 is 1.30 bits per heavy atom. The summed E-state index contributed by atoms with van der Waals surface area (Å²) in [7, 11) is 0. The van der Waals surface area contributed by atoms with Gasteiger partial charge in [-0.2, -0.15) is 5.10 Å². The van der Waals surface area contributed by atoms with E-state index in [1.165, 1.54) is 17.6 Å². The predicted octanol–water partition coefficient (Wildman–Crippen LogP) is 2.79. The molecular formula is C17H14Cl2N6O2. The van der Waals surface area contributed by atoms with E-state index in [4.69, 9.17) is 28.0 Å². The zero-order chi connectivity index (χ0) is 18.9. The van der Waals surface area contributed by atoms with Gasteiger partial charge in [0, 0.05) is 11.2 Å². The zero-order valence-electron chi connectivity index (χ0n) is 13.8. The third kappa shape index (κ3) is 3.30. The van der Waals surface area contributed by atoms with Crippen LogP contribution in [-0.2, 0) is 9.63 Å². The molecule has 2 aliphatic rings. The van der Waals surface area contributed by atoms with Crippen molar-refractivity contribution in [3.05, 3.63) is 65.1 Å². The topological polar surface area (TPSA) is 82.1 Å². The number of aromatic nitrogens is 1. The van der Waals surface area contributed by atoms with E-state index in [0.717, 1.165) is 0 Å². The van der Waals surface area contributed by atoms with Crippen molar-refractivity contribution in [2.24, 2.45) is 5.10 Å². The Kier molecular flexibility index (Phi) is 4.61. The molecule has 1 unspecified atom stereocenters. The number of carbonyl (C=O) groups excluding carboxylic acids is 1. The molecule has 1 aromatic heterocycles. The summed E-state index contributed by atoms with van der Waals surface area (Å²) in [6, 6.07) is 10.3. The fourth-order valence-electron chi connectivity index (χ4n) is 2.74. The standard InChI is InChI=1S/C17H14Cl2N6O2/c18-12-4-5-14(13(19)9-12)24-11-17(10-22-24,25-21-7-8-27-25)16(26)23-15-3-1-2-6-20-15/h1-10,21H,11H2,(H,20,23,26). The molecule has 27 heavy (non-hydrogen) atoms. The molecule has 0 saturated carbocycles. The number of amides is 1. The molecule has 0 fully saturated rings. The summed E-state index contributed by atoms with van der Waals surface area (Å²) in [6.07, 6.45) is 6.09. The van der Waals surface area contributed by atoms with Crippen molar-refractivity contribution in [1.29, 1.82) is 0 Å². The van der Waals surface area contributed by atoms with E-state index in [1.807, 2.05) is 0 Å². The maximum atomic E-state index is 13.1. The Labute approximate surface area is 164 Å². The van der Waals surface area contributed by atoms with Crippen LogP contribution in [0.1, 0.15) is 0 Å². The molecule has 2 aliphatic heterocycles. The Balaban J connectivity index is 1.63. The number of carbonyl (C=O) groups is 1. The van der Waals surface area contributed by atoms with Crippen molar-refractivity contribution < 1.29 is 9.63 Å². The minimum Gasteiger partial charge on any atom is -0.391 e. The number of pyridine rings is 1. The van der Waals surface area contributed by atoms with Gasteiger partial charge in [-0.3, -0.25) is 15.2 Å². The van der Waals surface area contributed by atoms with Crippen molar-refractivity contribution in [2.75, 3.05) is 16.9 Å². The zero-order valence-corrected chi connectivity index (χ0v) is 15.4. The molecule has 0 saturated heterocycles. The van der Waals surface area contributed by atoms with Gasteiger partial charge >= 0.3 is 0 Å². The maximum absolute atomic E-state index is 13.1. The number of rotatable bonds is 4. The van der Waals surface area contributed by atoms with Crippen molar-refractivity contribution in [2.45, 2.75) is 5.54 Å². The lowest BCUT2D eigenvalue weighted by atomic mass is 10.0. The molecule has 1 aromatic carbocycles. The highest BCUT2D eigenvalue weighted by molar-refractivity contribution is 6.36. The second-order valence-corrected chi connectivity index (χ2v) is 6.67. The van der Waals surface area contributed by atoms with Crippen molar-refractivity contribution in [3.63, 3.8) is 0 Å². The molecular weight excluding hydrogens is 391 g/mol. The summed E-state index contributed by atoms with van der Waals surface area (Å²) in [5.74, 6) is 0.0548. The number of anilines is 2. The Hall–Kier alpha value is -2.81. The number of hydrogen-bond acceptors (Lipinski definition) is 7. The number of nitrogens with zero attached hydrogens (tertiary/aromatic N) is 4. The van der Waals surface area contributed by atoms with Gasteiger partial charge in [0.05, 0.1) is 29.7 Å². The molecule has 1 atom stereocenters. The maximum Gasteiger partial charge on any atom is 0.259 e. The van der Waals surface area contributed by atoms with Gasteiger partial charge in [-0.1, -0.05) is 29.3 Å². The van der Waals surface area contributed by atoms with Crippen molar-refractivity contribution >= 4 is 46.8 Å². The number of hydrazone groups is 1. The van der Waals surface area contributed by atoms with Crippen LogP contribution >= 0.6 is 23.2 Å². The van der Waals surface area contributed by atoms with E-state index < -0.39 is 5.54 Å². The van der Waals surface area contributed by atoms with Gasteiger partial charge in [0.25, 0.3) is 5.91 Å². The SMILES string of the molecule is O=C(Nc1ccccn1)C1(N2NC=CO2)C=NN(c2ccc(Cl)cc2Cl)C1. The first-order chi connectivity index (χ1) is 13.1. The minimum absolute atomic E-state index is 0.154. The Morgan fingerprint density at radius 2 is 2.19 bits per heavy atom. The van der Waals surface area contributed by atoms with Gasteiger partial charge in [0.2, 0.25) is 5.54 Å². The molecule has 2 aromatic rings. The first-order valence-corrected chi connectivity index (χ1v) is 8.72. The first-order valence-electron chi connectivity index (χ1n) is 7.97. The van der Waals surface area contributed by atoms with E-state index in [-0.39, 0.29) is 12.5 Å². The van der Waals surface area contributed by atoms with Crippen LogP contribution in [-0.4, -0.2) is 34.4 Å². The highest BCUT2D eigenvalue weighted by Gasteiger charge is 2.51. The van der Waals surface area contributed by atoms with Gasteiger partial charge in [0.15, 0.2) is 0 Å². The highest BCUT2D eigenvalue weighted by atomic mass is 35.5. The van der Waals surface area contributed by atoms with Crippen LogP contribution in [0.3, 0.4) is 0 Å². The molecule has 2 N–H and O–H groups in total. The molecule has 1 amide bonds. The second-order valence-electron chi connectivity index (χ2n) is 5.82. The fourth-order valence-corrected chi connectivity index (χ4v) is 3.25. The highest BCUT2D eigenvalue weighted by Crippen LogP contribution is 2.33. The van der Waals surface area contributed by atoms with Crippen LogP contribution < -0.4 is 15.8 Å². The van der Waals surface area contributed by atoms with Gasteiger partial charge in [-0.15, -0.1) is 0 Å². The number of hydroxylamine groups is 1. The molecule has 3 heterocycles. The van der Waals surface area contributed by atoms with E-state index in [0.29, 0.717) is 21.6 Å². The van der Waals surface area contributed by atoms with Gasteiger partial charge in [-0.05, 0) is 35.5 Å². The van der Waals surface area contributed by atoms with E-state index >= 15 is 0 Å². The fraction of sp³-hybridized carbons (Fsp3) is 0.118. The normalized spacial score (nSPS) is 21.2. The van der Waals surface area contributed by atoms with Crippen molar-refractivity contribution in [1.82, 2.24) is 15.6 Å². The molecule has 10 heteroatoms. The van der Waals surface area contributed by atoms with Crippen LogP contribution in [0.2, 0.25) is 10.0 Å². The lowest BCUT2D eigenvalue weighted by Gasteiger charge is -2.32. The largest absolute Gasteiger partial charge is 0.391 e. The van der Waals surface area contributed by atoms with Crippen LogP contribution in [0.5, 0.6) is 0 Å². The first kappa shape index (κ1) is 17.6. The number of benzene rings is 1. The Morgan fingerprint density at radius 3 is 2.89 bits per heavy atom. The molecule has 8 nitrogen and oxygen atoms in total. The summed E-state index contributed by atoms with van der Waals surface area (Å²) in [5.41, 5.74) is 2.24. The second kappa shape index (κ2) is 7.07. The van der Waals surface area contributed by atoms with Crippen LogP contribution in [0, 0.1) is 0 Å². The quantitative estimate of drug-likeness (QED) is 0.814. The summed E-state index contributed by atoms with van der Waals surface area (Å²) in [4.78, 5) is 22.7. The minimum atomic E-state index is -1.26. The van der Waals surface area contributed by atoms with Gasteiger partial charge in [-0.25, -0.2) is 4.98 Å². The summed E-state index contributed by atoms with van der Waals surface area (Å²) in [6.45, 7) is 0.154. The van der Waals surface area contributed by atoms with Gasteiger partial charge < -0.3 is 10.2 Å². The molecule has 0 spiro atoms. The molecule has 4 rings (SSSR count). The van der Waals surface area contributed by atoms with E-state index in [1.54, 1.807) is 53.8 Å². The third-order valence-electron chi connectivity index (χ3n) is 4.08. The lowest BCUT2D eigenvalue weighted by Crippen LogP contribution is -2.62. The van der Waals surface area contributed by atoms with E-state index in [2.05, 4.69) is 20.8 Å². The van der Waals surface area contributed by atoms with Gasteiger partial charge in [0.1, 0.15) is 12.1 Å². The Bertz CT molecular complexity index is 915. The number of halogens is 2. The molecule has 138 valence electrons. The monoisotopic (exact) mass is 404 g/mol. The number of nitrogens with one attached hydrogen (secondary N) is 2. The smallest absolute Gasteiger partial charge is 0.259 e. The predicted molar refractivity (Wildman–Crippen MR) is 103 cm³/mol. The van der Waals surface area contributed by atoms with Crippen LogP contribution in [0.25, 0.3) is 0 Å². The summed E-state index contributed by atoms with van der Waals surface area (Å²) >= 11 is 12.3. The summed E-state index contributed by atoms with van der Waals surface area (Å²) in [5, 5.41) is 11.0. The third-order valence-corrected chi connectivity index (χ3v) is 4.62. The lowest BCUT2D eigenvalue weighted by molar-refractivity contribution is -0.172. The molecule has 0 bridgehead atoms. The van der Waals surface area contributed by atoms with E-state index in [9.17, 15) is 4.79 Å². The van der Waals surface area contributed by atoms with Crippen LogP contribution in [0.15, 0.2) is 60.2 Å². The average Bonchev–Trinajstić information content (AvgIpc) is 3.33. The van der Waals surface area contributed by atoms with Crippen molar-refractivity contribution in [3.8, 4) is 0 Å². The van der Waals surface area contributed by atoms with Crippen LogP contribution in [0.4, 0.5) is 11.5 Å².